The molecule has 7 heteroatoms. The number of nitrogens with zero attached hydrogens (tertiary/aromatic N) is 1. The summed E-state index contributed by atoms with van der Waals surface area (Å²) in [6.45, 7) is 4.34. The van der Waals surface area contributed by atoms with E-state index in [1.165, 1.54) is 18.4 Å². The standard InChI is InChI=1S/C31H29FN2O4/c1-3-27(30(35)33-24-7-4-6-20(2)18-24)38-25-14-11-21-15-16-34(31(36)28-8-5-17-37-28)29(26(21)19-25)22-9-12-23(32)13-10-22/h4-14,17-19,27,29H,3,15-16H2,1-2H3,(H,33,35). The molecule has 6 nitrogen and oxygen atoms in total. The van der Waals surface area contributed by atoms with Gasteiger partial charge in [0.15, 0.2) is 11.9 Å². The smallest absolute Gasteiger partial charge is 0.290 e. The molecule has 4 aromatic rings. The molecule has 1 aromatic heterocycles. The second-order valence-electron chi connectivity index (χ2n) is 9.41. The average molecular weight is 513 g/mol. The second kappa shape index (κ2) is 10.9. The van der Waals surface area contributed by atoms with Crippen molar-refractivity contribution in [1.29, 1.82) is 0 Å². The number of aryl methyl sites for hydroxylation is 1. The van der Waals surface area contributed by atoms with Crippen LogP contribution < -0.4 is 10.1 Å². The molecule has 0 saturated carbocycles. The Labute approximate surface area is 221 Å². The van der Waals surface area contributed by atoms with E-state index in [4.69, 9.17) is 9.15 Å². The van der Waals surface area contributed by atoms with Crippen molar-refractivity contribution in [2.75, 3.05) is 11.9 Å². The molecule has 2 unspecified atom stereocenters. The fourth-order valence-corrected chi connectivity index (χ4v) is 4.86. The number of fused-ring (bicyclic) bond motifs is 1. The van der Waals surface area contributed by atoms with Crippen LogP contribution in [0.2, 0.25) is 0 Å². The van der Waals surface area contributed by atoms with E-state index in [1.54, 1.807) is 29.2 Å². The third-order valence-electron chi connectivity index (χ3n) is 6.75. The summed E-state index contributed by atoms with van der Waals surface area (Å²) < 4.78 is 25.3. The molecule has 3 aromatic carbocycles. The van der Waals surface area contributed by atoms with E-state index in [2.05, 4.69) is 5.32 Å². The van der Waals surface area contributed by atoms with Gasteiger partial charge in [0, 0.05) is 12.2 Å². The van der Waals surface area contributed by atoms with Gasteiger partial charge in [-0.25, -0.2) is 4.39 Å². The van der Waals surface area contributed by atoms with Crippen LogP contribution in [0, 0.1) is 12.7 Å². The lowest BCUT2D eigenvalue weighted by atomic mass is 9.87. The van der Waals surface area contributed by atoms with Crippen molar-refractivity contribution in [3.8, 4) is 5.75 Å². The summed E-state index contributed by atoms with van der Waals surface area (Å²) in [5.41, 5.74) is 4.47. The summed E-state index contributed by atoms with van der Waals surface area (Å²) in [5, 5.41) is 2.93. The minimum absolute atomic E-state index is 0.236. The number of carbonyl (C=O) groups excluding carboxylic acids is 2. The minimum Gasteiger partial charge on any atom is -0.481 e. The zero-order valence-corrected chi connectivity index (χ0v) is 21.3. The van der Waals surface area contributed by atoms with Crippen LogP contribution in [0.25, 0.3) is 0 Å². The van der Waals surface area contributed by atoms with E-state index in [0.29, 0.717) is 30.8 Å². The predicted octanol–water partition coefficient (Wildman–Crippen LogP) is 6.31. The maximum atomic E-state index is 13.8. The van der Waals surface area contributed by atoms with Crippen LogP contribution >= 0.6 is 0 Å². The first-order valence-corrected chi connectivity index (χ1v) is 12.7. The van der Waals surface area contributed by atoms with Crippen molar-refractivity contribution in [2.24, 2.45) is 0 Å². The number of hydrogen-bond donors (Lipinski definition) is 1. The Bertz CT molecular complexity index is 1430. The van der Waals surface area contributed by atoms with Gasteiger partial charge in [0.25, 0.3) is 11.8 Å². The van der Waals surface area contributed by atoms with Gasteiger partial charge in [0.1, 0.15) is 11.6 Å². The van der Waals surface area contributed by atoms with Crippen LogP contribution in [-0.2, 0) is 11.2 Å². The summed E-state index contributed by atoms with van der Waals surface area (Å²) >= 11 is 0. The normalized spacial score (nSPS) is 15.4. The van der Waals surface area contributed by atoms with Crippen LogP contribution in [0.1, 0.15) is 52.2 Å². The Kier molecular flexibility index (Phi) is 7.26. The van der Waals surface area contributed by atoms with Crippen molar-refractivity contribution in [3.05, 3.63) is 119 Å². The molecule has 1 aliphatic heterocycles. The lowest BCUT2D eigenvalue weighted by Crippen LogP contribution is -2.40. The highest BCUT2D eigenvalue weighted by Gasteiger charge is 2.34. The molecule has 5 rings (SSSR count). The Morgan fingerprint density at radius 3 is 2.61 bits per heavy atom. The summed E-state index contributed by atoms with van der Waals surface area (Å²) in [7, 11) is 0. The quantitative estimate of drug-likeness (QED) is 0.315. The van der Waals surface area contributed by atoms with Crippen molar-refractivity contribution < 1.29 is 23.1 Å². The number of benzene rings is 3. The van der Waals surface area contributed by atoms with Gasteiger partial charge in [-0.05, 0) is 90.6 Å². The van der Waals surface area contributed by atoms with Gasteiger partial charge in [-0.3, -0.25) is 9.59 Å². The molecule has 38 heavy (non-hydrogen) atoms. The van der Waals surface area contributed by atoms with Gasteiger partial charge in [-0.1, -0.05) is 37.3 Å². The summed E-state index contributed by atoms with van der Waals surface area (Å²) in [6.07, 6.45) is 1.88. The highest BCUT2D eigenvalue weighted by molar-refractivity contribution is 5.94. The molecule has 0 aliphatic carbocycles. The molecule has 2 atom stereocenters. The van der Waals surface area contributed by atoms with Gasteiger partial charge in [0.05, 0.1) is 12.3 Å². The van der Waals surface area contributed by atoms with E-state index in [0.717, 1.165) is 22.3 Å². The first-order valence-electron chi connectivity index (χ1n) is 12.7. The number of anilines is 1. The van der Waals surface area contributed by atoms with E-state index in [1.807, 2.05) is 56.3 Å². The SMILES string of the molecule is CCC(Oc1ccc2c(c1)C(c1ccc(F)cc1)N(C(=O)c1ccco1)CC2)C(=O)Nc1cccc(C)c1. The first-order chi connectivity index (χ1) is 18.4. The number of nitrogens with one attached hydrogen (secondary N) is 1. The lowest BCUT2D eigenvalue weighted by Gasteiger charge is -2.37. The van der Waals surface area contributed by atoms with E-state index < -0.39 is 12.1 Å². The molecule has 0 bridgehead atoms. The van der Waals surface area contributed by atoms with Crippen LogP contribution in [-0.4, -0.2) is 29.4 Å². The van der Waals surface area contributed by atoms with Crippen molar-refractivity contribution in [1.82, 2.24) is 4.90 Å². The molecule has 2 amide bonds. The fourth-order valence-electron chi connectivity index (χ4n) is 4.86. The Morgan fingerprint density at radius 2 is 1.89 bits per heavy atom. The number of rotatable bonds is 7. The van der Waals surface area contributed by atoms with E-state index in [-0.39, 0.29) is 23.4 Å². The molecule has 0 radical (unpaired) electrons. The van der Waals surface area contributed by atoms with Gasteiger partial charge in [0.2, 0.25) is 0 Å². The Hall–Kier alpha value is -4.39. The molecule has 0 spiro atoms. The number of halogens is 1. The maximum absolute atomic E-state index is 13.8. The highest BCUT2D eigenvalue weighted by atomic mass is 19.1. The maximum Gasteiger partial charge on any atom is 0.290 e. The zero-order chi connectivity index (χ0) is 26.6. The van der Waals surface area contributed by atoms with E-state index >= 15 is 0 Å². The van der Waals surface area contributed by atoms with Crippen LogP contribution in [0.5, 0.6) is 5.75 Å². The van der Waals surface area contributed by atoms with Crippen molar-refractivity contribution >= 4 is 17.5 Å². The third kappa shape index (κ3) is 5.32. The molecule has 0 saturated heterocycles. The van der Waals surface area contributed by atoms with Crippen molar-refractivity contribution in [3.63, 3.8) is 0 Å². The van der Waals surface area contributed by atoms with Gasteiger partial charge >= 0.3 is 0 Å². The second-order valence-corrected chi connectivity index (χ2v) is 9.41. The summed E-state index contributed by atoms with van der Waals surface area (Å²) in [4.78, 5) is 28.1. The van der Waals surface area contributed by atoms with Gasteiger partial charge in [-0.2, -0.15) is 0 Å². The number of ether oxygens (including phenoxy) is 1. The van der Waals surface area contributed by atoms with Gasteiger partial charge < -0.3 is 19.4 Å². The monoisotopic (exact) mass is 512 g/mol. The van der Waals surface area contributed by atoms with E-state index in [9.17, 15) is 14.0 Å². The number of furan rings is 1. The Morgan fingerprint density at radius 1 is 1.08 bits per heavy atom. The summed E-state index contributed by atoms with van der Waals surface area (Å²) in [6, 6.07) is 22.3. The number of carbonyl (C=O) groups is 2. The van der Waals surface area contributed by atoms with Gasteiger partial charge in [-0.15, -0.1) is 0 Å². The largest absolute Gasteiger partial charge is 0.481 e. The van der Waals surface area contributed by atoms with Crippen LogP contribution in [0.4, 0.5) is 10.1 Å². The Balaban J connectivity index is 1.45. The zero-order valence-electron chi connectivity index (χ0n) is 21.3. The molecule has 0 fully saturated rings. The molecule has 1 aliphatic rings. The summed E-state index contributed by atoms with van der Waals surface area (Å²) in [5.74, 6) is -0.0665. The number of hydrogen-bond acceptors (Lipinski definition) is 4. The number of amides is 2. The molecule has 2 heterocycles. The van der Waals surface area contributed by atoms with Crippen LogP contribution in [0.15, 0.2) is 89.5 Å². The average Bonchev–Trinajstić information content (AvgIpc) is 3.46. The molecule has 194 valence electrons. The molecular weight excluding hydrogens is 483 g/mol. The minimum atomic E-state index is -0.706. The molecular formula is C31H29FN2O4. The third-order valence-corrected chi connectivity index (χ3v) is 6.75. The highest BCUT2D eigenvalue weighted by Crippen LogP contribution is 2.38. The topological polar surface area (TPSA) is 71.8 Å². The fraction of sp³-hybridized carbons (Fsp3) is 0.226. The van der Waals surface area contributed by atoms with Crippen LogP contribution in [0.3, 0.4) is 0 Å². The molecule has 1 N–H and O–H groups in total. The first kappa shape index (κ1) is 25.3. The predicted molar refractivity (Wildman–Crippen MR) is 143 cm³/mol. The lowest BCUT2D eigenvalue weighted by molar-refractivity contribution is -0.122. The van der Waals surface area contributed by atoms with Crippen molar-refractivity contribution in [2.45, 2.75) is 38.8 Å².